The average molecular weight is 382 g/mol. The number of hydrogen-bond donors (Lipinski definition) is 2. The number of benzene rings is 1. The lowest BCUT2D eigenvalue weighted by molar-refractivity contribution is -0.00701. The van der Waals surface area contributed by atoms with Crippen LogP contribution in [-0.4, -0.2) is 28.8 Å². The highest BCUT2D eigenvalue weighted by atomic mass is 19.1. The summed E-state index contributed by atoms with van der Waals surface area (Å²) in [6.45, 7) is 0.641. The van der Waals surface area contributed by atoms with Crippen LogP contribution in [0.5, 0.6) is 0 Å². The van der Waals surface area contributed by atoms with Crippen molar-refractivity contribution in [3.8, 4) is 11.3 Å². The lowest BCUT2D eigenvalue weighted by atomic mass is 9.97. The molecule has 2 aromatic heterocycles. The lowest BCUT2D eigenvalue weighted by Crippen LogP contribution is -2.44. The Balaban J connectivity index is 1.42. The van der Waals surface area contributed by atoms with Crippen LogP contribution < -0.4 is 10.6 Å². The Morgan fingerprint density at radius 3 is 2.82 bits per heavy atom. The van der Waals surface area contributed by atoms with E-state index in [1.165, 1.54) is 12.1 Å². The highest BCUT2D eigenvalue weighted by Crippen LogP contribution is 2.28. The second-order valence-corrected chi connectivity index (χ2v) is 6.48. The van der Waals surface area contributed by atoms with Crippen molar-refractivity contribution in [1.82, 2.24) is 15.5 Å². The number of nitrogens with zero attached hydrogens (tertiary/aromatic N) is 2. The van der Waals surface area contributed by atoms with Gasteiger partial charge in [-0.1, -0.05) is 17.3 Å². The number of nitrogens with one attached hydrogen (secondary N) is 2. The second-order valence-electron chi connectivity index (χ2n) is 6.48. The average Bonchev–Trinajstić information content (AvgIpc) is 3.17. The zero-order valence-corrected chi connectivity index (χ0v) is 15.0. The van der Waals surface area contributed by atoms with Gasteiger partial charge in [-0.2, -0.15) is 0 Å². The van der Waals surface area contributed by atoms with Crippen LogP contribution in [0.4, 0.5) is 15.0 Å². The molecule has 144 valence electrons. The van der Waals surface area contributed by atoms with E-state index in [-0.39, 0.29) is 29.3 Å². The van der Waals surface area contributed by atoms with Crippen LogP contribution in [0.1, 0.15) is 24.5 Å². The first-order valence-corrected chi connectivity index (χ1v) is 9.01. The first-order valence-electron chi connectivity index (χ1n) is 9.01. The number of halogens is 1. The van der Waals surface area contributed by atoms with Gasteiger partial charge >= 0.3 is 6.03 Å². The third kappa shape index (κ3) is 4.01. The fourth-order valence-electron chi connectivity index (χ4n) is 3.25. The van der Waals surface area contributed by atoms with Crippen molar-refractivity contribution in [2.45, 2.75) is 25.0 Å². The van der Waals surface area contributed by atoms with Gasteiger partial charge in [0.1, 0.15) is 11.9 Å². The zero-order chi connectivity index (χ0) is 19.3. The molecule has 0 bridgehead atoms. The van der Waals surface area contributed by atoms with E-state index in [2.05, 4.69) is 20.8 Å². The quantitative estimate of drug-likeness (QED) is 0.714. The van der Waals surface area contributed by atoms with Gasteiger partial charge in [0.15, 0.2) is 11.6 Å². The zero-order valence-electron chi connectivity index (χ0n) is 15.0. The van der Waals surface area contributed by atoms with Crippen molar-refractivity contribution in [2.24, 2.45) is 0 Å². The Bertz CT molecular complexity index is 947. The van der Waals surface area contributed by atoms with Crippen LogP contribution in [-0.2, 0) is 4.74 Å². The maximum atomic E-state index is 13.9. The standard InChI is InChI=1S/C20H19FN4O3/c21-15-5-2-1-4-14(15)17-12-18(25-28-17)24-20(26)23-16-6-3-11-27-19(16)13-7-9-22-10-8-13/h1-2,4-5,7-10,12,16,19H,3,6,11H2,(H2,23,24,25,26)/t16-,19+/m0/s1. The van der Waals surface area contributed by atoms with Gasteiger partial charge in [-0.05, 0) is 42.7 Å². The summed E-state index contributed by atoms with van der Waals surface area (Å²) < 4.78 is 24.9. The van der Waals surface area contributed by atoms with Gasteiger partial charge in [-0.15, -0.1) is 0 Å². The molecule has 4 rings (SSSR count). The fraction of sp³-hybridized carbons (Fsp3) is 0.250. The van der Waals surface area contributed by atoms with E-state index in [0.29, 0.717) is 6.61 Å². The van der Waals surface area contributed by atoms with Crippen molar-refractivity contribution in [3.05, 3.63) is 66.2 Å². The Morgan fingerprint density at radius 1 is 1.18 bits per heavy atom. The maximum absolute atomic E-state index is 13.9. The molecule has 1 fully saturated rings. The van der Waals surface area contributed by atoms with E-state index in [0.717, 1.165) is 18.4 Å². The molecule has 3 aromatic rings. The number of hydrogen-bond acceptors (Lipinski definition) is 5. The molecule has 0 aliphatic carbocycles. The second kappa shape index (κ2) is 8.18. The molecule has 3 heterocycles. The topological polar surface area (TPSA) is 89.3 Å². The van der Waals surface area contributed by atoms with Crippen LogP contribution in [0.2, 0.25) is 0 Å². The molecule has 1 aliphatic heterocycles. The third-order valence-corrected chi connectivity index (χ3v) is 4.56. The Hall–Kier alpha value is -3.26. The van der Waals surface area contributed by atoms with Gasteiger partial charge in [0.25, 0.3) is 0 Å². The first kappa shape index (κ1) is 18.1. The van der Waals surface area contributed by atoms with E-state index in [9.17, 15) is 9.18 Å². The maximum Gasteiger partial charge on any atom is 0.320 e. The Labute approximate surface area is 160 Å². The van der Waals surface area contributed by atoms with Crippen molar-refractivity contribution in [2.75, 3.05) is 11.9 Å². The summed E-state index contributed by atoms with van der Waals surface area (Å²) in [6.07, 6.45) is 4.80. The van der Waals surface area contributed by atoms with Crippen LogP contribution in [0.15, 0.2) is 59.4 Å². The molecule has 0 saturated carbocycles. The predicted molar refractivity (Wildman–Crippen MR) is 100 cm³/mol. The van der Waals surface area contributed by atoms with Gasteiger partial charge in [0.2, 0.25) is 0 Å². The molecule has 1 aliphatic rings. The number of aromatic nitrogens is 2. The molecule has 2 amide bonds. The smallest absolute Gasteiger partial charge is 0.320 e. The Morgan fingerprint density at radius 2 is 2.00 bits per heavy atom. The number of urea groups is 1. The van der Waals surface area contributed by atoms with Crippen LogP contribution in [0, 0.1) is 5.82 Å². The van der Waals surface area contributed by atoms with Crippen molar-refractivity contribution in [1.29, 1.82) is 0 Å². The van der Waals surface area contributed by atoms with Crippen LogP contribution in [0.3, 0.4) is 0 Å². The summed E-state index contributed by atoms with van der Waals surface area (Å²) in [5, 5.41) is 9.34. The van der Waals surface area contributed by atoms with E-state index in [4.69, 9.17) is 9.26 Å². The highest BCUT2D eigenvalue weighted by Gasteiger charge is 2.29. The van der Waals surface area contributed by atoms with Gasteiger partial charge in [0.05, 0.1) is 11.6 Å². The SMILES string of the molecule is O=C(Nc1cc(-c2ccccc2F)on1)N[C@H]1CCCO[C@@H]1c1ccncc1. The Kier molecular flexibility index (Phi) is 5.29. The minimum atomic E-state index is -0.428. The molecular formula is C20H19FN4O3. The van der Waals surface area contributed by atoms with Crippen molar-refractivity contribution < 1.29 is 18.4 Å². The number of carbonyl (C=O) groups excluding carboxylic acids is 1. The summed E-state index contributed by atoms with van der Waals surface area (Å²) in [4.78, 5) is 16.4. The number of rotatable bonds is 4. The van der Waals surface area contributed by atoms with Crippen molar-refractivity contribution in [3.63, 3.8) is 0 Å². The number of pyridine rings is 1. The highest BCUT2D eigenvalue weighted by molar-refractivity contribution is 5.89. The molecule has 0 unspecified atom stereocenters. The van der Waals surface area contributed by atoms with Gasteiger partial charge in [-0.25, -0.2) is 9.18 Å². The largest absolute Gasteiger partial charge is 0.371 e. The molecule has 8 heteroatoms. The normalized spacial score (nSPS) is 19.2. The summed E-state index contributed by atoms with van der Waals surface area (Å²) in [7, 11) is 0. The van der Waals surface area contributed by atoms with Gasteiger partial charge in [0, 0.05) is 25.1 Å². The van der Waals surface area contributed by atoms with Crippen LogP contribution >= 0.6 is 0 Å². The molecule has 2 atom stereocenters. The number of carbonyl (C=O) groups is 1. The van der Waals surface area contributed by atoms with Gasteiger partial charge < -0.3 is 14.6 Å². The van der Waals surface area contributed by atoms with Crippen LogP contribution in [0.25, 0.3) is 11.3 Å². The van der Waals surface area contributed by atoms with E-state index < -0.39 is 11.8 Å². The number of anilines is 1. The third-order valence-electron chi connectivity index (χ3n) is 4.56. The van der Waals surface area contributed by atoms with Gasteiger partial charge in [-0.3, -0.25) is 10.3 Å². The van der Waals surface area contributed by atoms with E-state index in [1.54, 1.807) is 30.6 Å². The molecule has 7 nitrogen and oxygen atoms in total. The lowest BCUT2D eigenvalue weighted by Gasteiger charge is -2.32. The summed E-state index contributed by atoms with van der Waals surface area (Å²) in [5.41, 5.74) is 1.24. The van der Waals surface area contributed by atoms with E-state index >= 15 is 0 Å². The molecule has 1 aromatic carbocycles. The molecule has 28 heavy (non-hydrogen) atoms. The number of ether oxygens (including phenoxy) is 1. The molecule has 0 spiro atoms. The minimum Gasteiger partial charge on any atom is -0.371 e. The summed E-state index contributed by atoms with van der Waals surface area (Å²) in [5.74, 6) is 0.0196. The van der Waals surface area contributed by atoms with Crippen molar-refractivity contribution >= 4 is 11.8 Å². The monoisotopic (exact) mass is 382 g/mol. The first-order chi connectivity index (χ1) is 13.7. The molecule has 2 N–H and O–H groups in total. The summed E-state index contributed by atoms with van der Waals surface area (Å²) in [6, 6.07) is 10.8. The number of amides is 2. The molecular weight excluding hydrogens is 363 g/mol. The molecule has 1 saturated heterocycles. The predicted octanol–water partition coefficient (Wildman–Crippen LogP) is 3.92. The minimum absolute atomic E-state index is 0.186. The fourth-order valence-corrected chi connectivity index (χ4v) is 3.25. The summed E-state index contributed by atoms with van der Waals surface area (Å²) >= 11 is 0. The molecule has 0 radical (unpaired) electrons. The van der Waals surface area contributed by atoms with E-state index in [1.807, 2.05) is 12.1 Å².